The molecular weight excluding hydrogens is 243 g/mol. The van der Waals surface area contributed by atoms with Crippen LogP contribution in [0.2, 0.25) is 0 Å². The molecule has 1 aliphatic carbocycles. The Bertz CT molecular complexity index is 475. The van der Waals surface area contributed by atoms with E-state index in [1.165, 1.54) is 24.6 Å². The number of benzene rings is 1. The van der Waals surface area contributed by atoms with Gasteiger partial charge in [0.2, 0.25) is 0 Å². The molecule has 1 saturated carbocycles. The van der Waals surface area contributed by atoms with E-state index in [0.29, 0.717) is 17.4 Å². The first kappa shape index (κ1) is 13.8. The van der Waals surface area contributed by atoms with E-state index in [-0.39, 0.29) is 17.6 Å². The van der Waals surface area contributed by atoms with Gasteiger partial charge in [0.25, 0.3) is 5.91 Å². The standard InChI is InChI=1S/C15H21FN2O/c1-9-4-3-5-14(10(9)2)18-15(19)11-6-7-12(16)13(17)8-11/h6-10,14H,3-5,17H2,1-2H3,(H,18,19). The molecule has 0 aliphatic heterocycles. The van der Waals surface area contributed by atoms with Gasteiger partial charge >= 0.3 is 0 Å². The van der Waals surface area contributed by atoms with E-state index in [1.807, 2.05) is 0 Å². The SMILES string of the molecule is CC1CCCC(NC(=O)c2ccc(F)c(N)c2)C1C. The molecule has 0 saturated heterocycles. The maximum Gasteiger partial charge on any atom is 0.251 e. The molecule has 2 rings (SSSR count). The highest BCUT2D eigenvalue weighted by molar-refractivity contribution is 5.95. The Morgan fingerprint density at radius 1 is 1.37 bits per heavy atom. The van der Waals surface area contributed by atoms with Crippen molar-refractivity contribution in [2.75, 3.05) is 5.73 Å². The summed E-state index contributed by atoms with van der Waals surface area (Å²) >= 11 is 0. The monoisotopic (exact) mass is 264 g/mol. The number of rotatable bonds is 2. The summed E-state index contributed by atoms with van der Waals surface area (Å²) in [5.74, 6) is 0.432. The average Bonchev–Trinajstić information content (AvgIpc) is 2.38. The number of nitrogens with two attached hydrogens (primary N) is 1. The Labute approximate surface area is 113 Å². The number of hydrogen-bond acceptors (Lipinski definition) is 2. The molecule has 0 radical (unpaired) electrons. The minimum atomic E-state index is -0.490. The summed E-state index contributed by atoms with van der Waals surface area (Å²) in [5.41, 5.74) is 5.92. The molecule has 1 aromatic rings. The smallest absolute Gasteiger partial charge is 0.251 e. The lowest BCUT2D eigenvalue weighted by Gasteiger charge is -2.34. The number of amides is 1. The second-order valence-corrected chi connectivity index (χ2v) is 5.58. The maximum atomic E-state index is 13.1. The second-order valence-electron chi connectivity index (χ2n) is 5.58. The largest absolute Gasteiger partial charge is 0.396 e. The van der Waals surface area contributed by atoms with Crippen molar-refractivity contribution in [3.8, 4) is 0 Å². The molecule has 3 atom stereocenters. The molecule has 3 nitrogen and oxygen atoms in total. The van der Waals surface area contributed by atoms with Crippen molar-refractivity contribution in [3.63, 3.8) is 0 Å². The normalized spacial score (nSPS) is 27.0. The number of carbonyl (C=O) groups is 1. The van der Waals surface area contributed by atoms with E-state index in [4.69, 9.17) is 5.73 Å². The summed E-state index contributed by atoms with van der Waals surface area (Å²) in [6.07, 6.45) is 3.37. The van der Waals surface area contributed by atoms with Gasteiger partial charge in [0, 0.05) is 11.6 Å². The van der Waals surface area contributed by atoms with Crippen LogP contribution in [0.4, 0.5) is 10.1 Å². The van der Waals surface area contributed by atoms with Crippen LogP contribution in [0.15, 0.2) is 18.2 Å². The molecule has 1 amide bonds. The number of halogens is 1. The highest BCUT2D eigenvalue weighted by Gasteiger charge is 2.28. The molecule has 1 aromatic carbocycles. The minimum absolute atomic E-state index is 0.0118. The van der Waals surface area contributed by atoms with Crippen molar-refractivity contribution in [1.29, 1.82) is 0 Å². The van der Waals surface area contributed by atoms with Gasteiger partial charge in [0.1, 0.15) is 5.82 Å². The minimum Gasteiger partial charge on any atom is -0.396 e. The van der Waals surface area contributed by atoms with Crippen LogP contribution in [0.25, 0.3) is 0 Å². The quantitative estimate of drug-likeness (QED) is 0.807. The first-order chi connectivity index (χ1) is 8.99. The summed E-state index contributed by atoms with van der Waals surface area (Å²) in [7, 11) is 0. The lowest BCUT2D eigenvalue weighted by molar-refractivity contribution is 0.0891. The molecule has 0 spiro atoms. The zero-order chi connectivity index (χ0) is 14.0. The number of nitrogen functional groups attached to an aromatic ring is 1. The van der Waals surface area contributed by atoms with Crippen LogP contribution < -0.4 is 11.1 Å². The molecular formula is C15H21FN2O. The molecule has 104 valence electrons. The number of hydrogen-bond donors (Lipinski definition) is 2. The molecule has 3 N–H and O–H groups in total. The predicted octanol–water partition coefficient (Wildman–Crippen LogP) is 2.96. The molecule has 19 heavy (non-hydrogen) atoms. The van der Waals surface area contributed by atoms with E-state index in [2.05, 4.69) is 19.2 Å². The third-order valence-corrected chi connectivity index (χ3v) is 4.28. The summed E-state index contributed by atoms with van der Waals surface area (Å²) in [6.45, 7) is 4.40. The second kappa shape index (κ2) is 5.59. The topological polar surface area (TPSA) is 55.1 Å². The Morgan fingerprint density at radius 3 is 2.79 bits per heavy atom. The number of anilines is 1. The average molecular weight is 264 g/mol. The molecule has 1 fully saturated rings. The summed E-state index contributed by atoms with van der Waals surface area (Å²) in [6, 6.07) is 4.29. The van der Waals surface area contributed by atoms with Crippen LogP contribution in [0, 0.1) is 17.7 Å². The number of carbonyl (C=O) groups excluding carboxylic acids is 1. The van der Waals surface area contributed by atoms with Gasteiger partial charge < -0.3 is 11.1 Å². The third-order valence-electron chi connectivity index (χ3n) is 4.28. The van der Waals surface area contributed by atoms with E-state index < -0.39 is 5.82 Å². The lowest BCUT2D eigenvalue weighted by atomic mass is 9.78. The van der Waals surface area contributed by atoms with E-state index >= 15 is 0 Å². The van der Waals surface area contributed by atoms with Gasteiger partial charge in [0.05, 0.1) is 5.69 Å². The Balaban J connectivity index is 2.06. The van der Waals surface area contributed by atoms with E-state index in [9.17, 15) is 9.18 Å². The van der Waals surface area contributed by atoms with Crippen LogP contribution in [-0.4, -0.2) is 11.9 Å². The van der Waals surface area contributed by atoms with Crippen molar-refractivity contribution >= 4 is 11.6 Å². The fourth-order valence-corrected chi connectivity index (χ4v) is 2.72. The first-order valence-electron chi connectivity index (χ1n) is 6.85. The van der Waals surface area contributed by atoms with Crippen molar-refractivity contribution in [2.24, 2.45) is 11.8 Å². The van der Waals surface area contributed by atoms with E-state index in [1.54, 1.807) is 0 Å². The van der Waals surface area contributed by atoms with Crippen LogP contribution in [0.1, 0.15) is 43.5 Å². The molecule has 0 bridgehead atoms. The van der Waals surface area contributed by atoms with Gasteiger partial charge in [-0.05, 0) is 36.5 Å². The van der Waals surface area contributed by atoms with Crippen molar-refractivity contribution in [2.45, 2.75) is 39.2 Å². The van der Waals surface area contributed by atoms with Gasteiger partial charge in [-0.15, -0.1) is 0 Å². The summed E-state index contributed by atoms with van der Waals surface area (Å²) in [5, 5.41) is 3.05. The molecule has 1 aliphatic rings. The van der Waals surface area contributed by atoms with Crippen LogP contribution in [-0.2, 0) is 0 Å². The van der Waals surface area contributed by atoms with Crippen molar-refractivity contribution in [3.05, 3.63) is 29.6 Å². The zero-order valence-corrected chi connectivity index (χ0v) is 11.4. The number of nitrogens with one attached hydrogen (secondary N) is 1. The Kier molecular flexibility index (Phi) is 4.08. The molecule has 4 heteroatoms. The van der Waals surface area contributed by atoms with E-state index in [0.717, 1.165) is 12.8 Å². The summed E-state index contributed by atoms with van der Waals surface area (Å²) < 4.78 is 13.1. The van der Waals surface area contributed by atoms with Gasteiger partial charge in [-0.1, -0.05) is 26.7 Å². The van der Waals surface area contributed by atoms with Crippen molar-refractivity contribution in [1.82, 2.24) is 5.32 Å². The van der Waals surface area contributed by atoms with Crippen LogP contribution in [0.5, 0.6) is 0 Å². The highest BCUT2D eigenvalue weighted by atomic mass is 19.1. The highest BCUT2D eigenvalue weighted by Crippen LogP contribution is 2.29. The lowest BCUT2D eigenvalue weighted by Crippen LogP contribution is -2.43. The third kappa shape index (κ3) is 3.06. The molecule has 0 aromatic heterocycles. The van der Waals surface area contributed by atoms with Crippen LogP contribution in [0.3, 0.4) is 0 Å². The Morgan fingerprint density at radius 2 is 2.11 bits per heavy atom. The predicted molar refractivity (Wildman–Crippen MR) is 74.2 cm³/mol. The van der Waals surface area contributed by atoms with Gasteiger partial charge in [0.15, 0.2) is 0 Å². The molecule has 3 unspecified atom stereocenters. The maximum absolute atomic E-state index is 13.1. The van der Waals surface area contributed by atoms with Gasteiger partial charge in [-0.3, -0.25) is 4.79 Å². The van der Waals surface area contributed by atoms with Gasteiger partial charge in [-0.25, -0.2) is 4.39 Å². The van der Waals surface area contributed by atoms with Gasteiger partial charge in [-0.2, -0.15) is 0 Å². The Hall–Kier alpha value is -1.58. The van der Waals surface area contributed by atoms with Crippen molar-refractivity contribution < 1.29 is 9.18 Å². The fraction of sp³-hybridized carbons (Fsp3) is 0.533. The zero-order valence-electron chi connectivity index (χ0n) is 11.4. The fourth-order valence-electron chi connectivity index (χ4n) is 2.72. The molecule has 0 heterocycles. The summed E-state index contributed by atoms with van der Waals surface area (Å²) in [4.78, 5) is 12.1. The van der Waals surface area contributed by atoms with Crippen LogP contribution >= 0.6 is 0 Å². The first-order valence-corrected chi connectivity index (χ1v) is 6.85.